The van der Waals surface area contributed by atoms with E-state index in [1.54, 1.807) is 0 Å². The second kappa shape index (κ2) is 7.00. The molecule has 0 unspecified atom stereocenters. The van der Waals surface area contributed by atoms with Crippen molar-refractivity contribution < 1.29 is 4.79 Å². The number of hydrogen-bond donors (Lipinski definition) is 0. The predicted octanol–water partition coefficient (Wildman–Crippen LogP) is 3.04. The van der Waals surface area contributed by atoms with Gasteiger partial charge in [0.05, 0.1) is 4.48 Å². The van der Waals surface area contributed by atoms with Gasteiger partial charge in [-0.05, 0) is 28.8 Å². The number of aldehydes is 1. The normalized spacial score (nSPS) is 11.6. The minimum absolute atomic E-state index is 0.670. The van der Waals surface area contributed by atoms with Gasteiger partial charge in [0, 0.05) is 0 Å². The van der Waals surface area contributed by atoms with Crippen molar-refractivity contribution >= 4 is 22.2 Å². The molecule has 0 aliphatic rings. The summed E-state index contributed by atoms with van der Waals surface area (Å²) in [6, 6.07) is 0. The van der Waals surface area contributed by atoms with Crippen molar-refractivity contribution in [3.63, 3.8) is 0 Å². The molecule has 0 aliphatic heterocycles. The van der Waals surface area contributed by atoms with Crippen LogP contribution in [0.5, 0.6) is 0 Å². The fourth-order valence-electron chi connectivity index (χ4n) is 0.682. The molecule has 0 spiro atoms. The minimum Gasteiger partial charge on any atom is -0.297 e. The largest absolute Gasteiger partial charge is 0.297 e. The first-order valence-corrected chi connectivity index (χ1v) is 4.41. The molecule has 0 saturated heterocycles. The topological polar surface area (TPSA) is 17.1 Å². The second-order valence-corrected chi connectivity index (χ2v) is 3.12. The van der Waals surface area contributed by atoms with Crippen molar-refractivity contribution in [1.82, 2.24) is 0 Å². The summed E-state index contributed by atoms with van der Waals surface area (Å²) in [6.45, 7) is 2.17. The predicted molar refractivity (Wildman–Crippen MR) is 47.2 cm³/mol. The molecule has 0 amide bonds. The van der Waals surface area contributed by atoms with Gasteiger partial charge in [-0.2, -0.15) is 0 Å². The SMILES string of the molecule is CCCCCC=C(Br)C=O. The van der Waals surface area contributed by atoms with Crippen LogP contribution in [0.4, 0.5) is 0 Å². The molecule has 58 valence electrons. The van der Waals surface area contributed by atoms with Gasteiger partial charge in [0.1, 0.15) is 0 Å². The van der Waals surface area contributed by atoms with Gasteiger partial charge in [-0.25, -0.2) is 0 Å². The number of allylic oxidation sites excluding steroid dienone is 2. The molecule has 0 atom stereocenters. The number of hydrogen-bond acceptors (Lipinski definition) is 1. The molecule has 0 saturated carbocycles. The van der Waals surface area contributed by atoms with Crippen molar-refractivity contribution in [2.45, 2.75) is 32.6 Å². The van der Waals surface area contributed by atoms with E-state index in [9.17, 15) is 4.79 Å². The summed E-state index contributed by atoms with van der Waals surface area (Å²) in [7, 11) is 0. The van der Waals surface area contributed by atoms with E-state index in [0.717, 1.165) is 12.7 Å². The summed E-state index contributed by atoms with van der Waals surface area (Å²) in [4.78, 5) is 10.1. The number of unbranched alkanes of at least 4 members (excludes halogenated alkanes) is 3. The van der Waals surface area contributed by atoms with Crippen LogP contribution in [0.15, 0.2) is 10.6 Å². The van der Waals surface area contributed by atoms with Crippen LogP contribution >= 0.6 is 15.9 Å². The van der Waals surface area contributed by atoms with Gasteiger partial charge in [0.25, 0.3) is 0 Å². The fourth-order valence-corrected chi connectivity index (χ4v) is 0.911. The molecular weight excluding hydrogens is 192 g/mol. The highest BCUT2D eigenvalue weighted by molar-refractivity contribution is 9.12. The highest BCUT2D eigenvalue weighted by Crippen LogP contribution is 2.05. The zero-order valence-electron chi connectivity index (χ0n) is 6.27. The van der Waals surface area contributed by atoms with E-state index >= 15 is 0 Å². The first-order valence-electron chi connectivity index (χ1n) is 3.62. The quantitative estimate of drug-likeness (QED) is 0.383. The average molecular weight is 205 g/mol. The van der Waals surface area contributed by atoms with Crippen molar-refractivity contribution in [2.24, 2.45) is 0 Å². The highest BCUT2D eigenvalue weighted by atomic mass is 79.9. The molecule has 0 radical (unpaired) electrons. The number of carbonyl (C=O) groups is 1. The van der Waals surface area contributed by atoms with E-state index < -0.39 is 0 Å². The van der Waals surface area contributed by atoms with Crippen LogP contribution < -0.4 is 0 Å². The van der Waals surface area contributed by atoms with Crippen LogP contribution in [0, 0.1) is 0 Å². The molecular formula is C8H13BrO. The van der Waals surface area contributed by atoms with E-state index in [0.29, 0.717) is 4.48 Å². The molecule has 10 heavy (non-hydrogen) atoms. The minimum atomic E-state index is 0.670. The van der Waals surface area contributed by atoms with Crippen molar-refractivity contribution in [3.05, 3.63) is 10.6 Å². The number of rotatable bonds is 5. The summed E-state index contributed by atoms with van der Waals surface area (Å²) < 4.78 is 0.670. The Bertz CT molecular complexity index is 118. The lowest BCUT2D eigenvalue weighted by atomic mass is 10.2. The van der Waals surface area contributed by atoms with Gasteiger partial charge in [-0.1, -0.05) is 25.8 Å². The molecule has 0 aromatic heterocycles. The van der Waals surface area contributed by atoms with E-state index in [4.69, 9.17) is 0 Å². The zero-order chi connectivity index (χ0) is 7.82. The molecule has 1 nitrogen and oxygen atoms in total. The van der Waals surface area contributed by atoms with Crippen LogP contribution in [0.2, 0.25) is 0 Å². The summed E-state index contributed by atoms with van der Waals surface area (Å²) >= 11 is 3.12. The molecule has 0 N–H and O–H groups in total. The maximum atomic E-state index is 10.1. The molecule has 0 fully saturated rings. The third kappa shape index (κ3) is 6.02. The van der Waals surface area contributed by atoms with Gasteiger partial charge in [0.15, 0.2) is 6.29 Å². The lowest BCUT2D eigenvalue weighted by Gasteiger charge is -1.90. The lowest BCUT2D eigenvalue weighted by Crippen LogP contribution is -1.74. The first kappa shape index (κ1) is 9.89. The second-order valence-electron chi connectivity index (χ2n) is 2.20. The average Bonchev–Trinajstić information content (AvgIpc) is 1.98. The maximum Gasteiger partial charge on any atom is 0.156 e. The van der Waals surface area contributed by atoms with Crippen LogP contribution in [-0.4, -0.2) is 6.29 Å². The van der Waals surface area contributed by atoms with Crippen molar-refractivity contribution in [3.8, 4) is 0 Å². The summed E-state index contributed by atoms with van der Waals surface area (Å²) in [5, 5.41) is 0. The molecule has 0 bridgehead atoms. The summed E-state index contributed by atoms with van der Waals surface area (Å²) in [5.74, 6) is 0. The smallest absolute Gasteiger partial charge is 0.156 e. The summed E-state index contributed by atoms with van der Waals surface area (Å²) in [5.41, 5.74) is 0. The lowest BCUT2D eigenvalue weighted by molar-refractivity contribution is -0.104. The molecule has 0 aromatic rings. The monoisotopic (exact) mass is 204 g/mol. The first-order chi connectivity index (χ1) is 4.81. The van der Waals surface area contributed by atoms with E-state index in [1.165, 1.54) is 19.3 Å². The Balaban J connectivity index is 3.24. The third-order valence-electron chi connectivity index (χ3n) is 1.26. The molecule has 0 aromatic carbocycles. The Morgan fingerprint density at radius 3 is 2.70 bits per heavy atom. The van der Waals surface area contributed by atoms with E-state index in [1.807, 2.05) is 6.08 Å². The molecule has 0 aliphatic carbocycles. The molecule has 2 heteroatoms. The van der Waals surface area contributed by atoms with Gasteiger partial charge >= 0.3 is 0 Å². The Morgan fingerprint density at radius 1 is 1.50 bits per heavy atom. The summed E-state index contributed by atoms with van der Waals surface area (Å²) in [6.07, 6.45) is 7.41. The zero-order valence-corrected chi connectivity index (χ0v) is 7.86. The Kier molecular flexibility index (Phi) is 6.93. The van der Waals surface area contributed by atoms with Crippen LogP contribution in [0.25, 0.3) is 0 Å². The standard InChI is InChI=1S/C8H13BrO/c1-2-3-4-5-6-8(9)7-10/h6-7H,2-5H2,1H3. The van der Waals surface area contributed by atoms with Gasteiger partial charge in [-0.15, -0.1) is 0 Å². The highest BCUT2D eigenvalue weighted by Gasteiger charge is 1.86. The van der Waals surface area contributed by atoms with Crippen LogP contribution in [0.3, 0.4) is 0 Å². The Hall–Kier alpha value is -0.110. The Morgan fingerprint density at radius 2 is 2.20 bits per heavy atom. The van der Waals surface area contributed by atoms with Crippen LogP contribution in [-0.2, 0) is 4.79 Å². The van der Waals surface area contributed by atoms with E-state index in [2.05, 4.69) is 22.9 Å². The van der Waals surface area contributed by atoms with Gasteiger partial charge in [0.2, 0.25) is 0 Å². The van der Waals surface area contributed by atoms with Gasteiger partial charge < -0.3 is 0 Å². The third-order valence-corrected chi connectivity index (χ3v) is 1.77. The fraction of sp³-hybridized carbons (Fsp3) is 0.625. The number of carbonyl (C=O) groups excluding carboxylic acids is 1. The van der Waals surface area contributed by atoms with Crippen LogP contribution in [0.1, 0.15) is 32.6 Å². The molecule has 0 heterocycles. The van der Waals surface area contributed by atoms with Crippen molar-refractivity contribution in [2.75, 3.05) is 0 Å². The molecule has 0 rings (SSSR count). The van der Waals surface area contributed by atoms with E-state index in [-0.39, 0.29) is 0 Å². The van der Waals surface area contributed by atoms with Crippen molar-refractivity contribution in [1.29, 1.82) is 0 Å². The Labute approximate surface area is 70.6 Å². The van der Waals surface area contributed by atoms with Gasteiger partial charge in [-0.3, -0.25) is 4.79 Å². The maximum absolute atomic E-state index is 10.1. The number of halogens is 1.